The minimum Gasteiger partial charge on any atom is -0.495 e. The summed E-state index contributed by atoms with van der Waals surface area (Å²) in [5, 5.41) is 3.52. The molecule has 1 fully saturated rings. The molecule has 2 rings (SSSR count). The van der Waals surface area contributed by atoms with E-state index in [0.29, 0.717) is 0 Å². The van der Waals surface area contributed by atoms with Gasteiger partial charge in [-0.2, -0.15) is 0 Å². The SMILES string of the molecule is COc1c(Br)cc(Br)cc1CNCCCN1CCCCC1. The number of benzene rings is 1. The molecule has 0 bridgehead atoms. The highest BCUT2D eigenvalue weighted by atomic mass is 79.9. The summed E-state index contributed by atoms with van der Waals surface area (Å²) < 4.78 is 7.53. The normalized spacial score (nSPS) is 16.1. The third kappa shape index (κ3) is 5.55. The van der Waals surface area contributed by atoms with Crippen LogP contribution < -0.4 is 10.1 Å². The Morgan fingerprint density at radius 3 is 2.67 bits per heavy atom. The van der Waals surface area contributed by atoms with Crippen molar-refractivity contribution in [2.24, 2.45) is 0 Å². The number of likely N-dealkylation sites (tertiary alicyclic amines) is 1. The average Bonchev–Trinajstić information content (AvgIpc) is 2.47. The van der Waals surface area contributed by atoms with Gasteiger partial charge in [-0.3, -0.25) is 0 Å². The van der Waals surface area contributed by atoms with Crippen LogP contribution in [0.1, 0.15) is 31.2 Å². The molecule has 1 aromatic carbocycles. The number of methoxy groups -OCH3 is 1. The second kappa shape index (κ2) is 9.13. The fraction of sp³-hybridized carbons (Fsp3) is 0.625. The Balaban J connectivity index is 1.73. The number of hydrogen-bond donors (Lipinski definition) is 1. The molecule has 1 N–H and O–H groups in total. The van der Waals surface area contributed by atoms with E-state index in [1.807, 2.05) is 6.07 Å². The Kier molecular flexibility index (Phi) is 7.50. The number of rotatable bonds is 7. The summed E-state index contributed by atoms with van der Waals surface area (Å²) >= 11 is 7.07. The standard InChI is InChI=1S/C16H24Br2N2O/c1-21-16-13(10-14(17)11-15(16)18)12-19-6-5-9-20-7-3-2-4-8-20/h10-11,19H,2-9,12H2,1H3. The van der Waals surface area contributed by atoms with Crippen LogP contribution in [-0.4, -0.2) is 38.2 Å². The van der Waals surface area contributed by atoms with Gasteiger partial charge in [-0.05, 0) is 73.5 Å². The fourth-order valence-electron chi connectivity index (χ4n) is 2.81. The van der Waals surface area contributed by atoms with Gasteiger partial charge in [0.25, 0.3) is 0 Å². The van der Waals surface area contributed by atoms with Gasteiger partial charge in [-0.1, -0.05) is 22.4 Å². The summed E-state index contributed by atoms with van der Waals surface area (Å²) in [5.74, 6) is 0.918. The lowest BCUT2D eigenvalue weighted by Gasteiger charge is -2.26. The molecule has 21 heavy (non-hydrogen) atoms. The maximum absolute atomic E-state index is 5.47. The number of ether oxygens (including phenoxy) is 1. The summed E-state index contributed by atoms with van der Waals surface area (Å²) in [6.07, 6.45) is 5.36. The van der Waals surface area contributed by atoms with Crippen molar-refractivity contribution in [2.75, 3.05) is 33.3 Å². The van der Waals surface area contributed by atoms with Crippen molar-refractivity contribution in [3.8, 4) is 5.75 Å². The molecular weight excluding hydrogens is 396 g/mol. The average molecular weight is 420 g/mol. The van der Waals surface area contributed by atoms with Crippen LogP contribution in [0.5, 0.6) is 5.75 Å². The van der Waals surface area contributed by atoms with Crippen LogP contribution in [0, 0.1) is 0 Å². The maximum atomic E-state index is 5.47. The minimum atomic E-state index is 0.835. The zero-order chi connectivity index (χ0) is 15.1. The molecule has 1 aliphatic rings. The largest absolute Gasteiger partial charge is 0.495 e. The molecule has 0 saturated carbocycles. The first-order valence-corrected chi connectivity index (χ1v) is 9.24. The summed E-state index contributed by atoms with van der Waals surface area (Å²) in [4.78, 5) is 2.58. The van der Waals surface area contributed by atoms with Crippen LogP contribution in [0.25, 0.3) is 0 Å². The highest BCUT2D eigenvalue weighted by Gasteiger charge is 2.10. The van der Waals surface area contributed by atoms with E-state index in [1.54, 1.807) is 7.11 Å². The molecule has 5 heteroatoms. The van der Waals surface area contributed by atoms with E-state index < -0.39 is 0 Å². The van der Waals surface area contributed by atoms with E-state index in [1.165, 1.54) is 50.9 Å². The number of nitrogens with zero attached hydrogens (tertiary/aromatic N) is 1. The maximum Gasteiger partial charge on any atom is 0.137 e. The summed E-state index contributed by atoms with van der Waals surface area (Å²) in [7, 11) is 1.72. The smallest absolute Gasteiger partial charge is 0.137 e. The molecule has 0 radical (unpaired) electrons. The van der Waals surface area contributed by atoms with Gasteiger partial charge < -0.3 is 15.0 Å². The lowest BCUT2D eigenvalue weighted by atomic mass is 10.1. The van der Waals surface area contributed by atoms with Gasteiger partial charge >= 0.3 is 0 Å². The van der Waals surface area contributed by atoms with Crippen molar-refractivity contribution in [2.45, 2.75) is 32.2 Å². The Morgan fingerprint density at radius 1 is 1.19 bits per heavy atom. The molecular formula is C16H24Br2N2O. The second-order valence-electron chi connectivity index (χ2n) is 5.51. The number of piperidine rings is 1. The third-order valence-corrected chi connectivity index (χ3v) is 4.93. The quantitative estimate of drug-likeness (QED) is 0.670. The fourth-order valence-corrected chi connectivity index (χ4v) is 4.28. The Morgan fingerprint density at radius 2 is 1.95 bits per heavy atom. The molecule has 1 aromatic rings. The zero-order valence-corrected chi connectivity index (χ0v) is 15.8. The Hall–Kier alpha value is -0.100. The molecule has 0 amide bonds. The van der Waals surface area contributed by atoms with Gasteiger partial charge in [0.2, 0.25) is 0 Å². The second-order valence-corrected chi connectivity index (χ2v) is 7.28. The molecule has 0 atom stereocenters. The van der Waals surface area contributed by atoms with E-state index in [0.717, 1.165) is 27.8 Å². The Bertz CT molecular complexity index is 448. The molecule has 1 saturated heterocycles. The van der Waals surface area contributed by atoms with Gasteiger partial charge in [0.1, 0.15) is 5.75 Å². The van der Waals surface area contributed by atoms with Gasteiger partial charge in [0.05, 0.1) is 11.6 Å². The predicted molar refractivity (Wildman–Crippen MR) is 95.0 cm³/mol. The van der Waals surface area contributed by atoms with Gasteiger partial charge in [0, 0.05) is 16.6 Å². The first-order chi connectivity index (χ1) is 10.2. The van der Waals surface area contributed by atoms with Crippen LogP contribution in [0.3, 0.4) is 0 Å². The lowest BCUT2D eigenvalue weighted by Crippen LogP contribution is -2.32. The number of halogens is 2. The lowest BCUT2D eigenvalue weighted by molar-refractivity contribution is 0.225. The van der Waals surface area contributed by atoms with Gasteiger partial charge in [-0.25, -0.2) is 0 Å². The zero-order valence-electron chi connectivity index (χ0n) is 12.6. The molecule has 0 spiro atoms. The molecule has 1 aliphatic heterocycles. The summed E-state index contributed by atoms with van der Waals surface area (Å²) in [5.41, 5.74) is 1.18. The highest BCUT2D eigenvalue weighted by molar-refractivity contribution is 9.11. The highest BCUT2D eigenvalue weighted by Crippen LogP contribution is 2.32. The van der Waals surface area contributed by atoms with Crippen molar-refractivity contribution >= 4 is 31.9 Å². The van der Waals surface area contributed by atoms with E-state index in [2.05, 4.69) is 48.1 Å². The molecule has 0 unspecified atom stereocenters. The Labute approximate surface area is 144 Å². The van der Waals surface area contributed by atoms with Crippen LogP contribution in [-0.2, 0) is 6.54 Å². The van der Waals surface area contributed by atoms with E-state index in [9.17, 15) is 0 Å². The van der Waals surface area contributed by atoms with Gasteiger partial charge in [-0.15, -0.1) is 0 Å². The van der Waals surface area contributed by atoms with Crippen molar-refractivity contribution in [1.82, 2.24) is 10.2 Å². The van der Waals surface area contributed by atoms with Crippen molar-refractivity contribution in [3.63, 3.8) is 0 Å². The summed E-state index contributed by atoms with van der Waals surface area (Å²) in [6, 6.07) is 4.12. The predicted octanol–water partition coefficient (Wildman–Crippen LogP) is 4.19. The molecule has 118 valence electrons. The number of nitrogens with one attached hydrogen (secondary N) is 1. The van der Waals surface area contributed by atoms with Crippen LogP contribution in [0.4, 0.5) is 0 Å². The van der Waals surface area contributed by atoms with Crippen molar-refractivity contribution < 1.29 is 4.74 Å². The minimum absolute atomic E-state index is 0.835. The van der Waals surface area contributed by atoms with Crippen LogP contribution >= 0.6 is 31.9 Å². The summed E-state index contributed by atoms with van der Waals surface area (Å²) in [6.45, 7) is 5.66. The monoisotopic (exact) mass is 418 g/mol. The third-order valence-electron chi connectivity index (χ3n) is 3.88. The van der Waals surface area contributed by atoms with Crippen LogP contribution in [0.15, 0.2) is 21.1 Å². The van der Waals surface area contributed by atoms with Crippen LogP contribution in [0.2, 0.25) is 0 Å². The molecule has 1 heterocycles. The molecule has 0 aliphatic carbocycles. The molecule has 3 nitrogen and oxygen atoms in total. The number of hydrogen-bond acceptors (Lipinski definition) is 3. The first kappa shape index (κ1) is 17.3. The topological polar surface area (TPSA) is 24.5 Å². The first-order valence-electron chi connectivity index (χ1n) is 7.65. The molecule has 0 aromatic heterocycles. The van der Waals surface area contributed by atoms with E-state index >= 15 is 0 Å². The van der Waals surface area contributed by atoms with Crippen molar-refractivity contribution in [1.29, 1.82) is 0 Å². The van der Waals surface area contributed by atoms with Gasteiger partial charge in [0.15, 0.2) is 0 Å². The van der Waals surface area contributed by atoms with Crippen molar-refractivity contribution in [3.05, 3.63) is 26.6 Å². The van der Waals surface area contributed by atoms with E-state index in [4.69, 9.17) is 4.74 Å². The van der Waals surface area contributed by atoms with E-state index in [-0.39, 0.29) is 0 Å².